The van der Waals surface area contributed by atoms with Gasteiger partial charge in [-0.3, -0.25) is 9.69 Å². The van der Waals surface area contributed by atoms with Gasteiger partial charge in [0.15, 0.2) is 6.23 Å². The minimum atomic E-state index is -0.702. The molecule has 1 amide bonds. The van der Waals surface area contributed by atoms with Crippen molar-refractivity contribution in [1.82, 2.24) is 4.90 Å². The number of nitriles is 1. The number of carbonyl (C=O) groups is 2. The Morgan fingerprint density at radius 2 is 2.18 bits per heavy atom. The van der Waals surface area contributed by atoms with Crippen molar-refractivity contribution in [2.75, 3.05) is 6.54 Å². The van der Waals surface area contributed by atoms with Crippen LogP contribution in [0, 0.1) is 17.2 Å². The molecule has 1 heterocycles. The molecule has 0 aromatic rings. The fraction of sp³-hybridized carbons (Fsp3) is 0.727. The van der Waals surface area contributed by atoms with Crippen molar-refractivity contribution in [3.63, 3.8) is 0 Å². The Balaban J connectivity index is 2.70. The highest BCUT2D eigenvalue weighted by Crippen LogP contribution is 2.25. The van der Waals surface area contributed by atoms with Crippen molar-refractivity contribution in [2.45, 2.75) is 39.0 Å². The predicted octanol–water partition coefficient (Wildman–Crippen LogP) is 1.27. The molecule has 0 aromatic heterocycles. The summed E-state index contributed by atoms with van der Waals surface area (Å²) < 4.78 is 9.95. The molecule has 17 heavy (non-hydrogen) atoms. The molecule has 0 N–H and O–H groups in total. The minimum Gasteiger partial charge on any atom is -0.444 e. The molecule has 0 saturated carbocycles. The van der Waals surface area contributed by atoms with Crippen LogP contribution in [0.4, 0.5) is 4.79 Å². The van der Waals surface area contributed by atoms with Gasteiger partial charge in [0.1, 0.15) is 5.60 Å². The fourth-order valence-corrected chi connectivity index (χ4v) is 1.60. The third kappa shape index (κ3) is 3.63. The summed E-state index contributed by atoms with van der Waals surface area (Å²) in [4.78, 5) is 23.4. The van der Waals surface area contributed by atoms with Gasteiger partial charge in [-0.25, -0.2) is 4.79 Å². The summed E-state index contributed by atoms with van der Waals surface area (Å²) in [5, 5.41) is 8.81. The SMILES string of the molecule is CC(C)(C)OC(=O)N1C[C@@H](C#N)C[C@@H]1OC=O. The summed E-state index contributed by atoms with van der Waals surface area (Å²) in [7, 11) is 0. The van der Waals surface area contributed by atoms with E-state index in [0.29, 0.717) is 6.42 Å². The Kier molecular flexibility index (Phi) is 3.94. The van der Waals surface area contributed by atoms with Crippen LogP contribution in [-0.2, 0) is 14.3 Å². The second-order valence-corrected chi connectivity index (χ2v) is 4.88. The number of amides is 1. The number of carbonyl (C=O) groups excluding carboxylic acids is 2. The van der Waals surface area contributed by atoms with Crippen molar-refractivity contribution < 1.29 is 19.1 Å². The molecule has 6 heteroatoms. The molecule has 0 aromatic carbocycles. The number of ether oxygens (including phenoxy) is 2. The highest BCUT2D eigenvalue weighted by atomic mass is 16.6. The van der Waals surface area contributed by atoms with Crippen molar-refractivity contribution in [3.8, 4) is 6.07 Å². The first kappa shape index (κ1) is 13.3. The topological polar surface area (TPSA) is 79.6 Å². The van der Waals surface area contributed by atoms with Gasteiger partial charge in [-0.1, -0.05) is 0 Å². The first-order chi connectivity index (χ1) is 7.87. The van der Waals surface area contributed by atoms with Crippen LogP contribution in [0.25, 0.3) is 0 Å². The van der Waals surface area contributed by atoms with Crippen LogP contribution in [-0.4, -0.2) is 35.8 Å². The highest BCUT2D eigenvalue weighted by Gasteiger charge is 2.38. The molecule has 2 atom stereocenters. The number of hydrogen-bond acceptors (Lipinski definition) is 5. The van der Waals surface area contributed by atoms with Crippen molar-refractivity contribution in [2.24, 2.45) is 5.92 Å². The third-order valence-electron chi connectivity index (χ3n) is 2.27. The lowest BCUT2D eigenvalue weighted by atomic mass is 10.1. The van der Waals surface area contributed by atoms with Crippen LogP contribution in [0.15, 0.2) is 0 Å². The van der Waals surface area contributed by atoms with Crippen molar-refractivity contribution in [1.29, 1.82) is 5.26 Å². The second kappa shape index (κ2) is 5.04. The Hall–Kier alpha value is -1.77. The summed E-state index contributed by atoms with van der Waals surface area (Å²) in [5.41, 5.74) is -0.618. The van der Waals surface area contributed by atoms with Crippen LogP contribution < -0.4 is 0 Å². The third-order valence-corrected chi connectivity index (χ3v) is 2.27. The number of likely N-dealkylation sites (tertiary alicyclic amines) is 1. The zero-order valence-corrected chi connectivity index (χ0v) is 10.2. The number of hydrogen-bond donors (Lipinski definition) is 0. The van der Waals surface area contributed by atoms with E-state index in [-0.39, 0.29) is 18.9 Å². The maximum absolute atomic E-state index is 11.8. The monoisotopic (exact) mass is 240 g/mol. The molecule has 1 saturated heterocycles. The molecule has 1 aliphatic rings. The van der Waals surface area contributed by atoms with Crippen LogP contribution in [0.3, 0.4) is 0 Å². The Morgan fingerprint density at radius 3 is 2.65 bits per heavy atom. The van der Waals surface area contributed by atoms with Gasteiger partial charge in [-0.2, -0.15) is 5.26 Å². The number of nitrogens with zero attached hydrogens (tertiary/aromatic N) is 2. The Labute approximate surface area is 100 Å². The molecular weight excluding hydrogens is 224 g/mol. The largest absolute Gasteiger partial charge is 0.444 e. The molecule has 1 aliphatic heterocycles. The summed E-state index contributed by atoms with van der Waals surface area (Å²) in [6, 6.07) is 2.05. The van der Waals surface area contributed by atoms with Crippen LogP contribution in [0.2, 0.25) is 0 Å². The first-order valence-electron chi connectivity index (χ1n) is 5.35. The Morgan fingerprint density at radius 1 is 1.53 bits per heavy atom. The van der Waals surface area contributed by atoms with E-state index in [9.17, 15) is 9.59 Å². The van der Waals surface area contributed by atoms with Gasteiger partial charge in [-0.15, -0.1) is 0 Å². The molecule has 1 rings (SSSR count). The predicted molar refractivity (Wildman–Crippen MR) is 57.6 cm³/mol. The van der Waals surface area contributed by atoms with Gasteiger partial charge in [0.2, 0.25) is 0 Å². The normalized spacial score (nSPS) is 24.0. The van der Waals surface area contributed by atoms with E-state index in [0.717, 1.165) is 0 Å². The fourth-order valence-electron chi connectivity index (χ4n) is 1.60. The zero-order valence-electron chi connectivity index (χ0n) is 10.2. The highest BCUT2D eigenvalue weighted by molar-refractivity contribution is 5.69. The van der Waals surface area contributed by atoms with Gasteiger partial charge in [0.05, 0.1) is 12.0 Å². The smallest absolute Gasteiger partial charge is 0.413 e. The molecule has 1 fully saturated rings. The lowest BCUT2D eigenvalue weighted by Crippen LogP contribution is -2.41. The van der Waals surface area contributed by atoms with Crippen LogP contribution in [0.5, 0.6) is 0 Å². The minimum absolute atomic E-state index is 0.226. The lowest BCUT2D eigenvalue weighted by Gasteiger charge is -2.27. The van der Waals surface area contributed by atoms with Gasteiger partial charge in [-0.05, 0) is 20.8 Å². The van der Waals surface area contributed by atoms with Gasteiger partial charge >= 0.3 is 6.09 Å². The van der Waals surface area contributed by atoms with Crippen molar-refractivity contribution in [3.05, 3.63) is 0 Å². The van der Waals surface area contributed by atoms with E-state index in [1.54, 1.807) is 20.8 Å². The summed E-state index contributed by atoms with van der Waals surface area (Å²) in [6.45, 7) is 5.75. The molecule has 0 radical (unpaired) electrons. The van der Waals surface area contributed by atoms with Crippen LogP contribution >= 0.6 is 0 Å². The molecule has 94 valence electrons. The van der Waals surface area contributed by atoms with E-state index in [1.807, 2.05) is 0 Å². The van der Waals surface area contributed by atoms with Crippen LogP contribution in [0.1, 0.15) is 27.2 Å². The Bertz CT molecular complexity index is 342. The van der Waals surface area contributed by atoms with Gasteiger partial charge in [0, 0.05) is 13.0 Å². The van der Waals surface area contributed by atoms with E-state index in [4.69, 9.17) is 14.7 Å². The van der Waals surface area contributed by atoms with Gasteiger partial charge in [0.25, 0.3) is 6.47 Å². The molecule has 6 nitrogen and oxygen atoms in total. The molecule has 0 unspecified atom stereocenters. The average molecular weight is 240 g/mol. The van der Waals surface area contributed by atoms with E-state index < -0.39 is 17.9 Å². The standard InChI is InChI=1S/C11H16N2O4/c1-11(2,3)17-10(15)13-6-8(5-12)4-9(13)16-7-14/h7-9H,4,6H2,1-3H3/t8-,9+/m1/s1. The van der Waals surface area contributed by atoms with E-state index in [2.05, 4.69) is 6.07 Å². The zero-order chi connectivity index (χ0) is 13.1. The summed E-state index contributed by atoms with van der Waals surface area (Å²) >= 11 is 0. The van der Waals surface area contributed by atoms with E-state index >= 15 is 0 Å². The molecule has 0 spiro atoms. The summed E-state index contributed by atoms with van der Waals surface area (Å²) in [5.74, 6) is -0.326. The molecule has 0 bridgehead atoms. The maximum Gasteiger partial charge on any atom is 0.413 e. The summed E-state index contributed by atoms with van der Waals surface area (Å²) in [6.07, 6.45) is -0.941. The van der Waals surface area contributed by atoms with Gasteiger partial charge < -0.3 is 9.47 Å². The maximum atomic E-state index is 11.8. The average Bonchev–Trinajstić information content (AvgIpc) is 2.59. The van der Waals surface area contributed by atoms with E-state index in [1.165, 1.54) is 4.90 Å². The quantitative estimate of drug-likeness (QED) is 0.679. The molecular formula is C11H16N2O4. The lowest BCUT2D eigenvalue weighted by molar-refractivity contribution is -0.139. The van der Waals surface area contributed by atoms with Crippen molar-refractivity contribution >= 4 is 12.6 Å². The molecule has 0 aliphatic carbocycles. The second-order valence-electron chi connectivity index (χ2n) is 4.88. The first-order valence-corrected chi connectivity index (χ1v) is 5.35. The number of rotatable bonds is 2.